The maximum Gasteiger partial charge on any atom is 0.317 e. The van der Waals surface area contributed by atoms with Crippen LogP contribution >= 0.6 is 0 Å². The van der Waals surface area contributed by atoms with Crippen molar-refractivity contribution in [1.29, 1.82) is 0 Å². The highest BCUT2D eigenvalue weighted by Gasteiger charge is 2.29. The lowest BCUT2D eigenvalue weighted by molar-refractivity contribution is 0.201. The molecule has 1 atom stereocenters. The van der Waals surface area contributed by atoms with Gasteiger partial charge in [-0.1, -0.05) is 13.8 Å². The first-order valence-corrected chi connectivity index (χ1v) is 7.63. The van der Waals surface area contributed by atoms with Gasteiger partial charge in [0.1, 0.15) is 0 Å². The molecule has 1 fully saturated rings. The van der Waals surface area contributed by atoms with Gasteiger partial charge in [0.2, 0.25) is 0 Å². The molecule has 1 aliphatic rings. The van der Waals surface area contributed by atoms with Gasteiger partial charge in [-0.15, -0.1) is 0 Å². The third-order valence-corrected chi connectivity index (χ3v) is 4.15. The van der Waals surface area contributed by atoms with Crippen LogP contribution in [0.5, 0.6) is 0 Å². The van der Waals surface area contributed by atoms with Crippen molar-refractivity contribution in [2.45, 2.75) is 59.0 Å². The number of carbonyl (C=O) groups is 1. The molecule has 1 saturated heterocycles. The fraction of sp³-hybridized carbons (Fsp3) is 0.733. The van der Waals surface area contributed by atoms with Crippen molar-refractivity contribution in [1.82, 2.24) is 20.0 Å². The summed E-state index contributed by atoms with van der Waals surface area (Å²) in [5.74, 6) is 0. The largest absolute Gasteiger partial charge is 0.335 e. The van der Waals surface area contributed by atoms with Crippen LogP contribution in [0.1, 0.15) is 50.5 Å². The fourth-order valence-corrected chi connectivity index (χ4v) is 2.90. The van der Waals surface area contributed by atoms with Crippen molar-refractivity contribution in [3.8, 4) is 0 Å². The first kappa shape index (κ1) is 14.9. The standard InChI is InChI=1S/C15H26N4O/c1-5-13(6-2)16-15(20)18-8-7-14(10-18)19-12(4)9-11(3)17-19/h9,13-14H,5-8,10H2,1-4H3,(H,16,20)/t14-/m1/s1. The fourth-order valence-electron chi connectivity index (χ4n) is 2.90. The Morgan fingerprint density at radius 2 is 2.15 bits per heavy atom. The van der Waals surface area contributed by atoms with Crippen LogP contribution < -0.4 is 5.32 Å². The molecule has 0 radical (unpaired) electrons. The zero-order valence-corrected chi connectivity index (χ0v) is 13.0. The molecule has 0 aliphatic carbocycles. The Hall–Kier alpha value is -1.52. The second-order valence-electron chi connectivity index (χ2n) is 5.72. The predicted octanol–water partition coefficient (Wildman–Crippen LogP) is 2.64. The van der Waals surface area contributed by atoms with Gasteiger partial charge in [-0.25, -0.2) is 4.79 Å². The molecule has 0 aromatic carbocycles. The minimum atomic E-state index is 0.0720. The molecule has 0 unspecified atom stereocenters. The molecule has 0 saturated carbocycles. The van der Waals surface area contributed by atoms with Gasteiger partial charge in [0.15, 0.2) is 0 Å². The van der Waals surface area contributed by atoms with Gasteiger partial charge < -0.3 is 10.2 Å². The number of likely N-dealkylation sites (tertiary alicyclic amines) is 1. The second-order valence-corrected chi connectivity index (χ2v) is 5.72. The maximum atomic E-state index is 12.2. The van der Waals surface area contributed by atoms with Crippen LogP contribution in [0.2, 0.25) is 0 Å². The maximum absolute atomic E-state index is 12.2. The van der Waals surface area contributed by atoms with Crippen molar-refractivity contribution >= 4 is 6.03 Å². The minimum absolute atomic E-state index is 0.0720. The van der Waals surface area contributed by atoms with E-state index in [1.54, 1.807) is 0 Å². The van der Waals surface area contributed by atoms with Crippen LogP contribution in [0.15, 0.2) is 6.07 Å². The van der Waals surface area contributed by atoms with Crippen LogP contribution in [0.4, 0.5) is 4.79 Å². The molecular weight excluding hydrogens is 252 g/mol. The number of hydrogen-bond acceptors (Lipinski definition) is 2. The Labute approximate surface area is 121 Å². The first-order chi connectivity index (χ1) is 9.55. The molecule has 1 aliphatic heterocycles. The monoisotopic (exact) mass is 278 g/mol. The van der Waals surface area contributed by atoms with E-state index in [4.69, 9.17) is 0 Å². The highest BCUT2D eigenvalue weighted by molar-refractivity contribution is 5.74. The summed E-state index contributed by atoms with van der Waals surface area (Å²) < 4.78 is 2.07. The van der Waals surface area contributed by atoms with Crippen molar-refractivity contribution in [2.75, 3.05) is 13.1 Å². The topological polar surface area (TPSA) is 50.2 Å². The number of urea groups is 1. The van der Waals surface area contributed by atoms with Crippen molar-refractivity contribution in [3.05, 3.63) is 17.5 Å². The van der Waals surface area contributed by atoms with Crippen LogP contribution in [0.25, 0.3) is 0 Å². The molecule has 2 heterocycles. The highest BCUT2D eigenvalue weighted by Crippen LogP contribution is 2.23. The molecule has 5 nitrogen and oxygen atoms in total. The zero-order valence-electron chi connectivity index (χ0n) is 13.0. The molecule has 0 bridgehead atoms. The van der Waals surface area contributed by atoms with E-state index in [1.807, 2.05) is 11.8 Å². The number of aromatic nitrogens is 2. The van der Waals surface area contributed by atoms with Crippen LogP contribution in [-0.4, -0.2) is 39.8 Å². The quantitative estimate of drug-likeness (QED) is 0.920. The second kappa shape index (κ2) is 6.29. The lowest BCUT2D eigenvalue weighted by Gasteiger charge is -2.22. The van der Waals surface area contributed by atoms with Crippen LogP contribution in [0, 0.1) is 13.8 Å². The number of nitrogens with one attached hydrogen (secondary N) is 1. The van der Waals surface area contributed by atoms with E-state index in [1.165, 1.54) is 5.69 Å². The van der Waals surface area contributed by atoms with Crippen molar-refractivity contribution < 1.29 is 4.79 Å². The third kappa shape index (κ3) is 3.14. The van der Waals surface area contributed by atoms with Gasteiger partial charge in [-0.3, -0.25) is 4.68 Å². The van der Waals surface area contributed by atoms with Gasteiger partial charge in [-0.05, 0) is 39.2 Å². The molecule has 2 rings (SSSR count). The van der Waals surface area contributed by atoms with E-state index in [-0.39, 0.29) is 12.1 Å². The van der Waals surface area contributed by atoms with E-state index in [0.29, 0.717) is 6.04 Å². The van der Waals surface area contributed by atoms with Gasteiger partial charge in [0.05, 0.1) is 11.7 Å². The Morgan fingerprint density at radius 3 is 2.70 bits per heavy atom. The molecule has 112 valence electrons. The Bertz CT molecular complexity index is 464. The Balaban J connectivity index is 1.95. The van der Waals surface area contributed by atoms with Crippen molar-refractivity contribution in [2.24, 2.45) is 0 Å². The third-order valence-electron chi connectivity index (χ3n) is 4.15. The minimum Gasteiger partial charge on any atom is -0.335 e. The number of carbonyl (C=O) groups excluding carboxylic acids is 1. The number of aryl methyl sites for hydroxylation is 2. The summed E-state index contributed by atoms with van der Waals surface area (Å²) in [7, 11) is 0. The number of rotatable bonds is 4. The lowest BCUT2D eigenvalue weighted by Crippen LogP contribution is -2.43. The number of amides is 2. The van der Waals surface area contributed by atoms with Gasteiger partial charge in [0, 0.05) is 24.8 Å². The average molecular weight is 278 g/mol. The van der Waals surface area contributed by atoms with Crippen LogP contribution in [0.3, 0.4) is 0 Å². The van der Waals surface area contributed by atoms with Gasteiger partial charge in [0.25, 0.3) is 0 Å². The number of nitrogens with zero attached hydrogens (tertiary/aromatic N) is 3. The average Bonchev–Trinajstić information content (AvgIpc) is 3.02. The molecule has 1 aromatic rings. The highest BCUT2D eigenvalue weighted by atomic mass is 16.2. The van der Waals surface area contributed by atoms with Gasteiger partial charge in [-0.2, -0.15) is 5.10 Å². The molecule has 5 heteroatoms. The van der Waals surface area contributed by atoms with E-state index in [2.05, 4.69) is 41.9 Å². The molecule has 1 aromatic heterocycles. The summed E-state index contributed by atoms with van der Waals surface area (Å²) in [5, 5.41) is 7.65. The van der Waals surface area contributed by atoms with Crippen molar-refractivity contribution in [3.63, 3.8) is 0 Å². The summed E-state index contributed by atoms with van der Waals surface area (Å²) in [6.07, 6.45) is 2.95. The summed E-state index contributed by atoms with van der Waals surface area (Å²) in [4.78, 5) is 14.1. The normalized spacial score (nSPS) is 18.9. The summed E-state index contributed by atoms with van der Waals surface area (Å²) in [6, 6.07) is 2.77. The molecule has 0 spiro atoms. The molecule has 1 N–H and O–H groups in total. The Kier molecular flexibility index (Phi) is 4.68. The molecule has 2 amide bonds. The van der Waals surface area contributed by atoms with E-state index < -0.39 is 0 Å². The molecule has 20 heavy (non-hydrogen) atoms. The van der Waals surface area contributed by atoms with Crippen LogP contribution in [-0.2, 0) is 0 Å². The predicted molar refractivity (Wildman–Crippen MR) is 79.8 cm³/mol. The Morgan fingerprint density at radius 1 is 1.45 bits per heavy atom. The van der Waals surface area contributed by atoms with E-state index in [0.717, 1.165) is 38.0 Å². The van der Waals surface area contributed by atoms with E-state index >= 15 is 0 Å². The summed E-state index contributed by atoms with van der Waals surface area (Å²) >= 11 is 0. The zero-order chi connectivity index (χ0) is 14.7. The SMILES string of the molecule is CCC(CC)NC(=O)N1CC[C@@H](n2nc(C)cc2C)C1. The van der Waals surface area contributed by atoms with Gasteiger partial charge >= 0.3 is 6.03 Å². The summed E-state index contributed by atoms with van der Waals surface area (Å²) in [5.41, 5.74) is 2.22. The smallest absolute Gasteiger partial charge is 0.317 e. The van der Waals surface area contributed by atoms with E-state index in [9.17, 15) is 4.79 Å². The first-order valence-electron chi connectivity index (χ1n) is 7.63. The summed E-state index contributed by atoms with van der Waals surface area (Å²) in [6.45, 7) is 9.88. The number of hydrogen-bond donors (Lipinski definition) is 1. The lowest BCUT2D eigenvalue weighted by atomic mass is 10.2. The molecular formula is C15H26N4O.